The molecule has 1 atom stereocenters. The maximum absolute atomic E-state index is 10.9. The molecule has 1 aromatic rings. The highest BCUT2D eigenvalue weighted by Gasteiger charge is 2.20. The molecule has 1 unspecified atom stereocenters. The number of carboxylic acids is 1. The van der Waals surface area contributed by atoms with Crippen molar-refractivity contribution in [1.29, 1.82) is 0 Å². The second kappa shape index (κ2) is 5.86. The normalized spacial score (nSPS) is 12.4. The maximum Gasteiger partial charge on any atom is 0.335 e. The van der Waals surface area contributed by atoms with Gasteiger partial charge < -0.3 is 5.11 Å². The lowest BCUT2D eigenvalue weighted by atomic mass is 10.2. The Kier molecular flexibility index (Phi) is 4.72. The summed E-state index contributed by atoms with van der Waals surface area (Å²) in [6.45, 7) is 6.06. The summed E-state index contributed by atoms with van der Waals surface area (Å²) in [7, 11) is 0. The van der Waals surface area contributed by atoms with Crippen LogP contribution < -0.4 is 0 Å². The van der Waals surface area contributed by atoms with Crippen LogP contribution in [0.25, 0.3) is 0 Å². The number of hydrogen-bond acceptors (Lipinski definition) is 4. The molecule has 6 heteroatoms. The number of rotatable bonds is 5. The molecule has 0 saturated carbocycles. The first-order valence-corrected chi connectivity index (χ1v) is 6.39. The second-order valence-electron chi connectivity index (χ2n) is 4.31. The van der Waals surface area contributed by atoms with Crippen molar-refractivity contribution in [3.63, 3.8) is 0 Å². The predicted octanol–water partition coefficient (Wildman–Crippen LogP) is 3.43. The third-order valence-corrected chi connectivity index (χ3v) is 4.17. The van der Waals surface area contributed by atoms with Gasteiger partial charge in [-0.25, -0.2) is 4.79 Å². The van der Waals surface area contributed by atoms with Crippen molar-refractivity contribution in [2.24, 2.45) is 5.92 Å². The van der Waals surface area contributed by atoms with Gasteiger partial charge in [0.1, 0.15) is 0 Å². The van der Waals surface area contributed by atoms with E-state index in [0.717, 1.165) is 6.07 Å². The highest BCUT2D eigenvalue weighted by Crippen LogP contribution is 2.35. The number of carboxylic acid groups (broad SMARTS) is 1. The largest absolute Gasteiger partial charge is 0.478 e. The zero-order chi connectivity index (χ0) is 13.9. The highest BCUT2D eigenvalue weighted by molar-refractivity contribution is 8.00. The molecule has 0 aromatic heterocycles. The van der Waals surface area contributed by atoms with E-state index in [1.165, 1.54) is 23.9 Å². The van der Waals surface area contributed by atoms with E-state index < -0.39 is 10.9 Å². The van der Waals surface area contributed by atoms with Gasteiger partial charge in [0.15, 0.2) is 0 Å². The van der Waals surface area contributed by atoms with E-state index in [0.29, 0.717) is 10.8 Å². The summed E-state index contributed by atoms with van der Waals surface area (Å²) in [6, 6.07) is 4.01. The van der Waals surface area contributed by atoms with Gasteiger partial charge in [-0.05, 0) is 18.1 Å². The number of hydrogen-bond donors (Lipinski definition) is 1. The molecule has 0 aliphatic rings. The quantitative estimate of drug-likeness (QED) is 0.503. The van der Waals surface area contributed by atoms with Crippen molar-refractivity contribution >= 4 is 23.4 Å². The van der Waals surface area contributed by atoms with Gasteiger partial charge in [-0.15, -0.1) is 11.8 Å². The van der Waals surface area contributed by atoms with Crippen LogP contribution in [0.15, 0.2) is 23.1 Å². The van der Waals surface area contributed by atoms with Crippen LogP contribution in [0.3, 0.4) is 0 Å². The van der Waals surface area contributed by atoms with Crippen LogP contribution >= 0.6 is 11.8 Å². The monoisotopic (exact) mass is 269 g/mol. The molecule has 98 valence electrons. The smallest absolute Gasteiger partial charge is 0.335 e. The van der Waals surface area contributed by atoms with E-state index in [9.17, 15) is 14.9 Å². The van der Waals surface area contributed by atoms with Crippen molar-refractivity contribution in [2.75, 3.05) is 0 Å². The summed E-state index contributed by atoms with van der Waals surface area (Å²) < 4.78 is 0. The van der Waals surface area contributed by atoms with E-state index in [1.807, 2.05) is 20.8 Å². The minimum Gasteiger partial charge on any atom is -0.478 e. The molecule has 0 aliphatic carbocycles. The summed E-state index contributed by atoms with van der Waals surface area (Å²) in [5, 5.41) is 20.0. The molecular weight excluding hydrogens is 254 g/mol. The first-order valence-electron chi connectivity index (χ1n) is 5.51. The molecule has 0 spiro atoms. The van der Waals surface area contributed by atoms with Crippen LogP contribution in [-0.4, -0.2) is 21.2 Å². The van der Waals surface area contributed by atoms with E-state index in [2.05, 4.69) is 0 Å². The average molecular weight is 269 g/mol. The summed E-state index contributed by atoms with van der Waals surface area (Å²) >= 11 is 1.39. The zero-order valence-corrected chi connectivity index (χ0v) is 11.2. The Hall–Kier alpha value is -1.56. The topological polar surface area (TPSA) is 80.4 Å². The van der Waals surface area contributed by atoms with Gasteiger partial charge in [-0.2, -0.15) is 0 Å². The fourth-order valence-corrected chi connectivity index (χ4v) is 2.30. The molecule has 0 radical (unpaired) electrons. The maximum atomic E-state index is 10.9. The molecule has 1 N–H and O–H groups in total. The Morgan fingerprint density at radius 3 is 2.44 bits per heavy atom. The molecule has 1 aromatic carbocycles. The Balaban J connectivity index is 3.12. The van der Waals surface area contributed by atoms with Crippen LogP contribution in [0.4, 0.5) is 5.69 Å². The van der Waals surface area contributed by atoms with Gasteiger partial charge in [0.2, 0.25) is 0 Å². The van der Waals surface area contributed by atoms with Crippen molar-refractivity contribution in [1.82, 2.24) is 0 Å². The van der Waals surface area contributed by atoms with Crippen LogP contribution in [0, 0.1) is 16.0 Å². The van der Waals surface area contributed by atoms with Crippen LogP contribution in [-0.2, 0) is 0 Å². The van der Waals surface area contributed by atoms with Crippen molar-refractivity contribution in [3.05, 3.63) is 33.9 Å². The lowest BCUT2D eigenvalue weighted by Gasteiger charge is -2.14. The number of nitro benzene ring substituents is 1. The van der Waals surface area contributed by atoms with E-state index in [4.69, 9.17) is 5.11 Å². The van der Waals surface area contributed by atoms with Crippen molar-refractivity contribution in [3.8, 4) is 0 Å². The number of carbonyl (C=O) groups is 1. The molecule has 0 fully saturated rings. The average Bonchev–Trinajstić information content (AvgIpc) is 2.28. The number of thioether (sulfide) groups is 1. The molecule has 0 amide bonds. The molecular formula is C12H15NO4S. The number of nitro groups is 1. The molecule has 0 heterocycles. The van der Waals surface area contributed by atoms with E-state index in [-0.39, 0.29) is 16.5 Å². The third-order valence-electron chi connectivity index (χ3n) is 2.65. The number of nitrogens with zero attached hydrogens (tertiary/aromatic N) is 1. The Morgan fingerprint density at radius 1 is 1.39 bits per heavy atom. The molecule has 18 heavy (non-hydrogen) atoms. The first-order chi connectivity index (χ1) is 8.32. The summed E-state index contributed by atoms with van der Waals surface area (Å²) in [6.07, 6.45) is 0. The van der Waals surface area contributed by atoms with Gasteiger partial charge in [-0.3, -0.25) is 10.1 Å². The minimum atomic E-state index is -1.16. The highest BCUT2D eigenvalue weighted by atomic mass is 32.2. The fourth-order valence-electron chi connectivity index (χ4n) is 1.23. The lowest BCUT2D eigenvalue weighted by molar-refractivity contribution is -0.387. The summed E-state index contributed by atoms with van der Waals surface area (Å²) in [5.41, 5.74) is -0.212. The summed E-state index contributed by atoms with van der Waals surface area (Å²) in [5.74, 6) is -0.777. The molecule has 0 aliphatic heterocycles. The Bertz CT molecular complexity index is 473. The van der Waals surface area contributed by atoms with Crippen LogP contribution in [0.1, 0.15) is 31.1 Å². The van der Waals surface area contributed by atoms with Gasteiger partial charge in [0, 0.05) is 11.3 Å². The van der Waals surface area contributed by atoms with E-state index in [1.54, 1.807) is 0 Å². The molecule has 0 bridgehead atoms. The van der Waals surface area contributed by atoms with Crippen molar-refractivity contribution in [2.45, 2.75) is 30.9 Å². The predicted molar refractivity (Wildman–Crippen MR) is 70.2 cm³/mol. The van der Waals surface area contributed by atoms with Crippen molar-refractivity contribution < 1.29 is 14.8 Å². The fraction of sp³-hybridized carbons (Fsp3) is 0.417. The zero-order valence-electron chi connectivity index (χ0n) is 10.4. The van der Waals surface area contributed by atoms with Gasteiger partial charge in [-0.1, -0.05) is 20.8 Å². The first kappa shape index (κ1) is 14.5. The van der Waals surface area contributed by atoms with Gasteiger partial charge >= 0.3 is 5.97 Å². The van der Waals surface area contributed by atoms with E-state index >= 15 is 0 Å². The molecule has 0 saturated heterocycles. The van der Waals surface area contributed by atoms with Gasteiger partial charge in [0.05, 0.1) is 15.4 Å². The van der Waals surface area contributed by atoms with Gasteiger partial charge in [0.25, 0.3) is 5.69 Å². The Morgan fingerprint density at radius 2 is 2.00 bits per heavy atom. The molecule has 5 nitrogen and oxygen atoms in total. The van der Waals surface area contributed by atoms with Crippen LogP contribution in [0.5, 0.6) is 0 Å². The summed E-state index contributed by atoms with van der Waals surface area (Å²) in [4.78, 5) is 21.7. The number of benzene rings is 1. The number of aromatic carboxylic acids is 1. The SMILES string of the molecule is CC(C)C(C)Sc1ccc(C(=O)O)cc1[N+](=O)[O-]. The molecule has 1 rings (SSSR count). The van der Waals surface area contributed by atoms with Crippen LogP contribution in [0.2, 0.25) is 0 Å². The lowest BCUT2D eigenvalue weighted by Crippen LogP contribution is -2.06. The minimum absolute atomic E-state index is 0.0664. The standard InChI is InChI=1S/C12H15NO4S/c1-7(2)8(3)18-11-5-4-9(12(14)15)6-10(11)13(16)17/h4-8H,1-3H3,(H,14,15). The second-order valence-corrected chi connectivity index (χ2v) is 5.73. The third kappa shape index (κ3) is 3.46. The Labute approximate surface area is 109 Å².